The molecule has 0 aliphatic carbocycles. The Labute approximate surface area is 190 Å². The Balaban J connectivity index is 1.91. The molecule has 0 atom stereocenters. The summed E-state index contributed by atoms with van der Waals surface area (Å²) in [5.41, 5.74) is 6.37. The first-order valence-electron chi connectivity index (χ1n) is 9.86. The van der Waals surface area contributed by atoms with Gasteiger partial charge in [0.25, 0.3) is 11.8 Å². The average molecular weight is 480 g/mol. The zero-order chi connectivity index (χ0) is 23.6. The molecule has 1 aromatic heterocycles. The second-order valence-electron chi connectivity index (χ2n) is 7.41. The quantitative estimate of drug-likeness (QED) is 0.572. The highest BCUT2D eigenvalue weighted by atomic mass is 32.2. The van der Waals surface area contributed by atoms with Crippen molar-refractivity contribution in [1.29, 1.82) is 0 Å². The Morgan fingerprint density at radius 2 is 1.81 bits per heavy atom. The number of imide groups is 1. The molecule has 1 aliphatic heterocycles. The number of rotatable bonds is 6. The smallest absolute Gasteiger partial charge is 0.319 e. The summed E-state index contributed by atoms with van der Waals surface area (Å²) in [6.45, 7) is 4.29. The molecule has 1 aliphatic rings. The van der Waals surface area contributed by atoms with Crippen LogP contribution >= 0.6 is 11.3 Å². The lowest BCUT2D eigenvalue weighted by atomic mass is 10.0. The molecule has 0 saturated heterocycles. The third-order valence-electron chi connectivity index (χ3n) is 5.17. The van der Waals surface area contributed by atoms with Crippen LogP contribution < -0.4 is 16.4 Å². The number of hydrogen-bond acceptors (Lipinski definition) is 7. The van der Waals surface area contributed by atoms with E-state index in [1.165, 1.54) is 49.7 Å². The summed E-state index contributed by atoms with van der Waals surface area (Å²) in [6, 6.07) is 4.53. The highest BCUT2D eigenvalue weighted by Gasteiger charge is 2.29. The third-order valence-corrected chi connectivity index (χ3v) is 8.13. The molecule has 3 rings (SSSR count). The molecule has 2 aromatic rings. The number of benzene rings is 1. The molecule has 4 amide bonds. The summed E-state index contributed by atoms with van der Waals surface area (Å²) in [7, 11) is -0.768. The number of urea groups is 1. The summed E-state index contributed by atoms with van der Waals surface area (Å²) in [5.74, 6) is -1.17. The molecule has 0 saturated carbocycles. The number of nitrogens with zero attached hydrogens (tertiary/aromatic N) is 2. The van der Waals surface area contributed by atoms with Gasteiger partial charge in [-0.2, -0.15) is 0 Å². The van der Waals surface area contributed by atoms with Crippen LogP contribution in [0.15, 0.2) is 29.2 Å². The maximum Gasteiger partial charge on any atom is 0.319 e. The van der Waals surface area contributed by atoms with Crippen LogP contribution in [0.2, 0.25) is 0 Å². The van der Waals surface area contributed by atoms with Crippen LogP contribution in [0.1, 0.15) is 38.1 Å². The van der Waals surface area contributed by atoms with Crippen molar-refractivity contribution < 1.29 is 22.8 Å². The van der Waals surface area contributed by atoms with Crippen molar-refractivity contribution in [3.63, 3.8) is 0 Å². The fourth-order valence-electron chi connectivity index (χ4n) is 3.39. The Morgan fingerprint density at radius 1 is 1.16 bits per heavy atom. The van der Waals surface area contributed by atoms with Crippen LogP contribution in [-0.4, -0.2) is 62.7 Å². The predicted octanol–water partition coefficient (Wildman–Crippen LogP) is 1.44. The summed E-state index contributed by atoms with van der Waals surface area (Å²) < 4.78 is 25.5. The first-order valence-corrected chi connectivity index (χ1v) is 12.1. The van der Waals surface area contributed by atoms with E-state index in [0.29, 0.717) is 18.0 Å². The Bertz CT molecular complexity index is 1160. The third kappa shape index (κ3) is 4.83. The molecule has 0 radical (unpaired) electrons. The van der Waals surface area contributed by atoms with E-state index >= 15 is 0 Å². The van der Waals surface area contributed by atoms with Crippen molar-refractivity contribution in [2.24, 2.45) is 5.73 Å². The van der Waals surface area contributed by atoms with Crippen molar-refractivity contribution in [3.05, 3.63) is 45.8 Å². The molecule has 10 nitrogen and oxygen atoms in total. The molecule has 0 fully saturated rings. The topological polar surface area (TPSA) is 142 Å². The zero-order valence-corrected chi connectivity index (χ0v) is 19.6. The van der Waals surface area contributed by atoms with Crippen molar-refractivity contribution in [2.45, 2.75) is 24.8 Å². The lowest BCUT2D eigenvalue weighted by molar-refractivity contribution is 0.0966. The van der Waals surface area contributed by atoms with Crippen LogP contribution in [0, 0.1) is 0 Å². The van der Waals surface area contributed by atoms with Crippen LogP contribution in [0.5, 0.6) is 0 Å². The van der Waals surface area contributed by atoms with Gasteiger partial charge in [0.15, 0.2) is 0 Å². The highest BCUT2D eigenvalue weighted by molar-refractivity contribution is 7.89. The number of anilines is 1. The van der Waals surface area contributed by atoms with Gasteiger partial charge in [0.05, 0.1) is 10.5 Å². The number of fused-ring (bicyclic) bond motifs is 1. The summed E-state index contributed by atoms with van der Waals surface area (Å²) >= 11 is 1.28. The standard InChI is InChI=1S/C20H25N5O5S2/c1-4-25-10-9-14-15(11-25)31-19(16(14)18(27)23-20(21)28)22-17(26)12-5-7-13(8-6-12)32(29,30)24(2)3/h5-8H,4,9-11H2,1-3H3,(H,22,26)(H3,21,23,27,28). The Kier molecular flexibility index (Phi) is 6.98. The lowest BCUT2D eigenvalue weighted by Crippen LogP contribution is -2.36. The number of hydrogen-bond donors (Lipinski definition) is 3. The first-order chi connectivity index (χ1) is 15.0. The zero-order valence-electron chi connectivity index (χ0n) is 18.0. The maximum absolute atomic E-state index is 12.8. The van der Waals surface area contributed by atoms with E-state index in [9.17, 15) is 22.8 Å². The molecule has 12 heteroatoms. The predicted molar refractivity (Wildman–Crippen MR) is 121 cm³/mol. The first kappa shape index (κ1) is 23.9. The van der Waals surface area contributed by atoms with E-state index < -0.39 is 27.9 Å². The molecule has 0 bridgehead atoms. The average Bonchev–Trinajstić information content (AvgIpc) is 3.09. The SMILES string of the molecule is CCN1CCc2c(sc(NC(=O)c3ccc(S(=O)(=O)N(C)C)cc3)c2C(=O)NC(N)=O)C1. The van der Waals surface area contributed by atoms with Crippen molar-refractivity contribution in [2.75, 3.05) is 32.5 Å². The van der Waals surface area contributed by atoms with E-state index in [-0.39, 0.29) is 16.0 Å². The Hall–Kier alpha value is -2.80. The minimum atomic E-state index is -3.62. The number of nitrogens with one attached hydrogen (secondary N) is 2. The van der Waals surface area contributed by atoms with E-state index in [1.807, 2.05) is 6.92 Å². The molecule has 1 aromatic carbocycles. The number of sulfonamides is 1. The fraction of sp³-hybridized carbons (Fsp3) is 0.350. The second kappa shape index (κ2) is 9.36. The lowest BCUT2D eigenvalue weighted by Gasteiger charge is -2.25. The number of nitrogens with two attached hydrogens (primary N) is 1. The van der Waals surface area contributed by atoms with E-state index in [2.05, 4.69) is 15.5 Å². The Morgan fingerprint density at radius 3 is 2.38 bits per heavy atom. The number of thiophene rings is 1. The normalized spacial score (nSPS) is 14.1. The van der Waals surface area contributed by atoms with Gasteiger partial charge in [-0.1, -0.05) is 6.92 Å². The number of carbonyl (C=O) groups is 3. The fourth-order valence-corrected chi connectivity index (χ4v) is 5.58. The minimum Gasteiger partial charge on any atom is -0.351 e. The molecule has 172 valence electrons. The number of primary amides is 1. The number of amides is 4. The van der Waals surface area contributed by atoms with Crippen LogP contribution in [-0.2, 0) is 23.0 Å². The van der Waals surface area contributed by atoms with Gasteiger partial charge in [0.2, 0.25) is 10.0 Å². The molecule has 32 heavy (non-hydrogen) atoms. The van der Waals surface area contributed by atoms with Gasteiger partial charge in [-0.05, 0) is 42.8 Å². The molecule has 0 unspecified atom stereocenters. The summed E-state index contributed by atoms with van der Waals surface area (Å²) in [5, 5.41) is 5.14. The van der Waals surface area contributed by atoms with Crippen LogP contribution in [0.4, 0.5) is 9.80 Å². The van der Waals surface area contributed by atoms with E-state index in [0.717, 1.165) is 27.8 Å². The van der Waals surface area contributed by atoms with Crippen molar-refractivity contribution >= 4 is 44.2 Å². The van der Waals surface area contributed by atoms with Gasteiger partial charge in [0.1, 0.15) is 5.00 Å². The minimum absolute atomic E-state index is 0.0619. The van der Waals surface area contributed by atoms with Crippen LogP contribution in [0.25, 0.3) is 0 Å². The molecule has 4 N–H and O–H groups in total. The molecular formula is C20H25N5O5S2. The summed E-state index contributed by atoms with van der Waals surface area (Å²) in [6.07, 6.45) is 0.605. The molecular weight excluding hydrogens is 454 g/mol. The van der Waals surface area contributed by atoms with Crippen molar-refractivity contribution in [1.82, 2.24) is 14.5 Å². The summed E-state index contributed by atoms with van der Waals surface area (Å²) in [4.78, 5) is 39.9. The number of likely N-dealkylation sites (N-methyl/N-ethyl adjacent to an activating group) is 1. The molecule has 2 heterocycles. The second-order valence-corrected chi connectivity index (χ2v) is 10.7. The van der Waals surface area contributed by atoms with Gasteiger partial charge in [-0.15, -0.1) is 11.3 Å². The van der Waals surface area contributed by atoms with Gasteiger partial charge >= 0.3 is 6.03 Å². The highest BCUT2D eigenvalue weighted by Crippen LogP contribution is 2.37. The largest absolute Gasteiger partial charge is 0.351 e. The van der Waals surface area contributed by atoms with Gasteiger partial charge in [-0.25, -0.2) is 17.5 Å². The van der Waals surface area contributed by atoms with Gasteiger partial charge in [0, 0.05) is 37.6 Å². The van der Waals surface area contributed by atoms with Gasteiger partial charge in [-0.3, -0.25) is 19.8 Å². The van der Waals surface area contributed by atoms with Gasteiger partial charge < -0.3 is 11.1 Å². The maximum atomic E-state index is 12.8. The molecule has 0 spiro atoms. The van der Waals surface area contributed by atoms with Crippen LogP contribution in [0.3, 0.4) is 0 Å². The monoisotopic (exact) mass is 479 g/mol. The number of carbonyl (C=O) groups excluding carboxylic acids is 3. The van der Waals surface area contributed by atoms with E-state index in [1.54, 1.807) is 0 Å². The van der Waals surface area contributed by atoms with E-state index in [4.69, 9.17) is 5.73 Å². The van der Waals surface area contributed by atoms with Crippen molar-refractivity contribution in [3.8, 4) is 0 Å².